The third-order valence-electron chi connectivity index (χ3n) is 4.13. The van der Waals surface area contributed by atoms with E-state index in [1.807, 2.05) is 47.0 Å². The minimum atomic E-state index is 0.254. The largest absolute Gasteiger partial charge is 0.314 e. The zero-order valence-corrected chi connectivity index (χ0v) is 16.2. The van der Waals surface area contributed by atoms with E-state index in [9.17, 15) is 5.21 Å². The van der Waals surface area contributed by atoms with Gasteiger partial charge < -0.3 is 5.21 Å². The molecule has 0 amide bonds. The van der Waals surface area contributed by atoms with Crippen LogP contribution in [0.25, 0.3) is 5.69 Å². The molecule has 2 heterocycles. The van der Waals surface area contributed by atoms with E-state index in [0.29, 0.717) is 23.2 Å². The van der Waals surface area contributed by atoms with Gasteiger partial charge in [-0.2, -0.15) is 5.06 Å². The number of halogens is 2. The van der Waals surface area contributed by atoms with Gasteiger partial charge in [0.15, 0.2) is 11.6 Å². The first-order valence-electron chi connectivity index (χ1n) is 7.97. The Morgan fingerprint density at radius 1 is 1.19 bits per heavy atom. The molecule has 8 heteroatoms. The Bertz CT molecular complexity index is 1010. The summed E-state index contributed by atoms with van der Waals surface area (Å²) in [6.07, 6.45) is 0. The first-order valence-corrected chi connectivity index (χ1v) is 9.14. The molecule has 0 saturated carbocycles. The van der Waals surface area contributed by atoms with E-state index in [1.165, 1.54) is 0 Å². The number of benzene rings is 2. The Hall–Kier alpha value is -2.06. The molecule has 0 saturated heterocycles. The molecule has 1 aliphatic rings. The molecule has 0 aliphatic carbocycles. The lowest BCUT2D eigenvalue weighted by Gasteiger charge is -2.15. The molecule has 0 atom stereocenters. The maximum atomic E-state index is 9.65. The van der Waals surface area contributed by atoms with Crippen LogP contribution < -0.4 is 0 Å². The van der Waals surface area contributed by atoms with E-state index in [4.69, 9.17) is 16.6 Å². The van der Waals surface area contributed by atoms with Crippen molar-refractivity contribution in [1.29, 1.82) is 0 Å². The van der Waals surface area contributed by atoms with E-state index in [-0.39, 0.29) is 6.54 Å². The van der Waals surface area contributed by atoms with Crippen LogP contribution in [0.2, 0.25) is 5.02 Å². The molecule has 26 heavy (non-hydrogen) atoms. The normalized spacial score (nSPS) is 13.2. The standard InChI is InChI=1S/C18H15BrClN5O/c1-24(26)10-17-23-22-16-9-21-18(12-4-2-3-5-14(12)20)13-8-11(19)6-7-15(13)25(16)17/h2-8,26H,9-10H2,1H3. The van der Waals surface area contributed by atoms with Gasteiger partial charge in [-0.05, 0) is 24.3 Å². The topological polar surface area (TPSA) is 66.5 Å². The molecule has 0 spiro atoms. The van der Waals surface area contributed by atoms with E-state index in [0.717, 1.165) is 32.1 Å². The zero-order valence-electron chi connectivity index (χ0n) is 13.9. The number of aliphatic imine (C=N–C) groups is 1. The second-order valence-corrected chi connectivity index (χ2v) is 7.31. The van der Waals surface area contributed by atoms with Crippen LogP contribution in [0.5, 0.6) is 0 Å². The van der Waals surface area contributed by atoms with Crippen LogP contribution in [0.3, 0.4) is 0 Å². The van der Waals surface area contributed by atoms with Crippen LogP contribution in [-0.2, 0) is 13.1 Å². The van der Waals surface area contributed by atoms with Crippen molar-refractivity contribution in [2.24, 2.45) is 4.99 Å². The van der Waals surface area contributed by atoms with E-state index < -0.39 is 0 Å². The summed E-state index contributed by atoms with van der Waals surface area (Å²) in [6, 6.07) is 13.6. The Labute approximate surface area is 163 Å². The van der Waals surface area contributed by atoms with Crippen molar-refractivity contribution in [1.82, 2.24) is 19.8 Å². The second-order valence-electron chi connectivity index (χ2n) is 5.99. The molecule has 1 aliphatic heterocycles. The molecule has 2 aromatic carbocycles. The fourth-order valence-electron chi connectivity index (χ4n) is 3.05. The van der Waals surface area contributed by atoms with Gasteiger partial charge in [-0.25, -0.2) is 0 Å². The second kappa shape index (κ2) is 6.92. The van der Waals surface area contributed by atoms with Crippen LogP contribution in [0.15, 0.2) is 51.9 Å². The van der Waals surface area contributed by atoms with Gasteiger partial charge in [-0.3, -0.25) is 9.56 Å². The molecule has 0 unspecified atom stereocenters. The highest BCUT2D eigenvalue weighted by molar-refractivity contribution is 9.10. The maximum Gasteiger partial charge on any atom is 0.159 e. The fraction of sp³-hybridized carbons (Fsp3) is 0.167. The van der Waals surface area contributed by atoms with Gasteiger partial charge in [0.25, 0.3) is 0 Å². The van der Waals surface area contributed by atoms with Crippen molar-refractivity contribution in [2.45, 2.75) is 13.1 Å². The van der Waals surface area contributed by atoms with Crippen LogP contribution in [0, 0.1) is 0 Å². The summed E-state index contributed by atoms with van der Waals surface area (Å²) in [7, 11) is 1.58. The summed E-state index contributed by atoms with van der Waals surface area (Å²) < 4.78 is 2.88. The van der Waals surface area contributed by atoms with Crippen LogP contribution in [0.4, 0.5) is 0 Å². The molecule has 4 rings (SSSR count). The highest BCUT2D eigenvalue weighted by Crippen LogP contribution is 2.30. The average molecular weight is 433 g/mol. The smallest absolute Gasteiger partial charge is 0.159 e. The van der Waals surface area contributed by atoms with Gasteiger partial charge in [0.2, 0.25) is 0 Å². The predicted molar refractivity (Wildman–Crippen MR) is 103 cm³/mol. The number of nitrogens with zero attached hydrogens (tertiary/aromatic N) is 5. The minimum Gasteiger partial charge on any atom is -0.314 e. The Kier molecular flexibility index (Phi) is 4.62. The molecular weight excluding hydrogens is 418 g/mol. The van der Waals surface area contributed by atoms with Gasteiger partial charge in [-0.1, -0.05) is 45.7 Å². The van der Waals surface area contributed by atoms with Gasteiger partial charge in [0, 0.05) is 27.7 Å². The molecule has 0 fully saturated rings. The third kappa shape index (κ3) is 3.07. The quantitative estimate of drug-likeness (QED) is 0.638. The summed E-state index contributed by atoms with van der Waals surface area (Å²) in [5.74, 6) is 1.36. The SMILES string of the molecule is CN(O)Cc1nnc2n1-c1ccc(Br)cc1C(c1ccccc1Cl)=NC2. The van der Waals surface area contributed by atoms with E-state index in [2.05, 4.69) is 26.1 Å². The molecule has 0 radical (unpaired) electrons. The van der Waals surface area contributed by atoms with Gasteiger partial charge >= 0.3 is 0 Å². The van der Waals surface area contributed by atoms with Gasteiger partial charge in [0.05, 0.1) is 17.9 Å². The van der Waals surface area contributed by atoms with Crippen molar-refractivity contribution in [3.63, 3.8) is 0 Å². The Morgan fingerprint density at radius 2 is 2.00 bits per heavy atom. The lowest BCUT2D eigenvalue weighted by Crippen LogP contribution is -2.17. The molecule has 0 bridgehead atoms. The highest BCUT2D eigenvalue weighted by atomic mass is 79.9. The lowest BCUT2D eigenvalue weighted by atomic mass is 10.0. The molecule has 1 N–H and O–H groups in total. The van der Waals surface area contributed by atoms with E-state index >= 15 is 0 Å². The monoisotopic (exact) mass is 431 g/mol. The lowest BCUT2D eigenvalue weighted by molar-refractivity contribution is -0.0754. The van der Waals surface area contributed by atoms with Crippen LogP contribution in [-0.4, -0.2) is 37.8 Å². The van der Waals surface area contributed by atoms with Gasteiger partial charge in [-0.15, -0.1) is 10.2 Å². The zero-order chi connectivity index (χ0) is 18.3. The molecule has 1 aromatic heterocycles. The van der Waals surface area contributed by atoms with Crippen molar-refractivity contribution in [3.8, 4) is 5.69 Å². The fourth-order valence-corrected chi connectivity index (χ4v) is 3.64. The van der Waals surface area contributed by atoms with Crippen molar-refractivity contribution in [3.05, 3.63) is 74.7 Å². The summed E-state index contributed by atoms with van der Waals surface area (Å²) in [5, 5.41) is 19.9. The van der Waals surface area contributed by atoms with Crippen molar-refractivity contribution >= 4 is 33.2 Å². The summed E-state index contributed by atoms with van der Waals surface area (Å²) in [5.41, 5.74) is 3.50. The number of rotatable bonds is 3. The maximum absolute atomic E-state index is 9.65. The van der Waals surface area contributed by atoms with E-state index in [1.54, 1.807) is 7.05 Å². The third-order valence-corrected chi connectivity index (χ3v) is 4.95. The number of hydroxylamine groups is 2. The Morgan fingerprint density at radius 3 is 2.77 bits per heavy atom. The number of aromatic nitrogens is 3. The highest BCUT2D eigenvalue weighted by Gasteiger charge is 2.24. The molecule has 6 nitrogen and oxygen atoms in total. The summed E-state index contributed by atoms with van der Waals surface area (Å²) >= 11 is 9.98. The average Bonchev–Trinajstić information content (AvgIpc) is 2.91. The van der Waals surface area contributed by atoms with Gasteiger partial charge in [0.1, 0.15) is 6.54 Å². The molecular formula is C18H15BrClN5O. The minimum absolute atomic E-state index is 0.254. The number of hydrogen-bond donors (Lipinski definition) is 1. The molecule has 132 valence electrons. The summed E-state index contributed by atoms with van der Waals surface area (Å²) in [4.78, 5) is 4.78. The first-order chi connectivity index (χ1) is 12.5. The van der Waals surface area contributed by atoms with Crippen LogP contribution >= 0.6 is 27.5 Å². The van der Waals surface area contributed by atoms with Crippen LogP contribution in [0.1, 0.15) is 22.8 Å². The first kappa shape index (κ1) is 17.4. The number of hydrogen-bond acceptors (Lipinski definition) is 5. The Balaban J connectivity index is 1.95. The number of fused-ring (bicyclic) bond motifs is 3. The summed E-state index contributed by atoms with van der Waals surface area (Å²) in [6.45, 7) is 0.624. The van der Waals surface area contributed by atoms with Crippen molar-refractivity contribution in [2.75, 3.05) is 7.05 Å². The predicted octanol–water partition coefficient (Wildman–Crippen LogP) is 3.86. The molecule has 3 aromatic rings. The van der Waals surface area contributed by atoms with Crippen molar-refractivity contribution < 1.29 is 5.21 Å².